The average molecular weight is 282 g/mol. The van der Waals surface area contributed by atoms with Crippen LogP contribution in [-0.4, -0.2) is 19.7 Å². The fourth-order valence-electron chi connectivity index (χ4n) is 1.81. The molecule has 2 aromatic rings. The summed E-state index contributed by atoms with van der Waals surface area (Å²) < 4.78 is 1.85. The van der Waals surface area contributed by atoms with Crippen LogP contribution in [-0.2, 0) is 13.6 Å². The number of hydrazine groups is 1. The van der Waals surface area contributed by atoms with Crippen LogP contribution in [0.3, 0.4) is 0 Å². The monoisotopic (exact) mass is 281 g/mol. The summed E-state index contributed by atoms with van der Waals surface area (Å²) in [5, 5.41) is 7.97. The van der Waals surface area contributed by atoms with Crippen LogP contribution in [0.4, 0.5) is 11.8 Å². The minimum absolute atomic E-state index is 0.312. The lowest BCUT2D eigenvalue weighted by atomic mass is 10.2. The first-order valence-electron chi connectivity index (χ1n) is 5.75. The van der Waals surface area contributed by atoms with Crippen LogP contribution in [0, 0.1) is 13.8 Å². The van der Waals surface area contributed by atoms with E-state index in [-0.39, 0.29) is 0 Å². The summed E-state index contributed by atoms with van der Waals surface area (Å²) in [4.78, 5) is 8.07. The van der Waals surface area contributed by atoms with E-state index in [1.54, 1.807) is 0 Å². The quantitative estimate of drug-likeness (QED) is 0.579. The zero-order valence-corrected chi connectivity index (χ0v) is 11.8. The van der Waals surface area contributed by atoms with Gasteiger partial charge in [-0.2, -0.15) is 10.1 Å². The van der Waals surface area contributed by atoms with Crippen molar-refractivity contribution >= 4 is 23.4 Å². The van der Waals surface area contributed by atoms with Crippen molar-refractivity contribution in [1.82, 2.24) is 19.7 Å². The van der Waals surface area contributed by atoms with Crippen molar-refractivity contribution in [1.29, 1.82) is 0 Å². The fraction of sp³-hybridized carbons (Fsp3) is 0.364. The van der Waals surface area contributed by atoms with Gasteiger partial charge in [-0.3, -0.25) is 10.1 Å². The first kappa shape index (κ1) is 13.6. The molecule has 0 unspecified atom stereocenters. The Hall–Kier alpha value is -1.86. The van der Waals surface area contributed by atoms with Gasteiger partial charge in [0, 0.05) is 24.8 Å². The highest BCUT2D eigenvalue weighted by atomic mass is 35.5. The second-order valence-corrected chi connectivity index (χ2v) is 4.57. The number of aromatic nitrogens is 4. The number of aryl methyl sites for hydroxylation is 2. The number of hydrogen-bond donors (Lipinski definition) is 3. The molecule has 0 amide bonds. The smallest absolute Gasteiger partial charge is 0.239 e. The van der Waals surface area contributed by atoms with Crippen LogP contribution in [0.2, 0.25) is 5.02 Å². The topological polar surface area (TPSA) is 93.7 Å². The predicted octanol–water partition coefficient (Wildman–Crippen LogP) is 1.38. The van der Waals surface area contributed by atoms with Gasteiger partial charge in [-0.15, -0.1) is 0 Å². The molecule has 7 nitrogen and oxygen atoms in total. The third kappa shape index (κ3) is 2.77. The summed E-state index contributed by atoms with van der Waals surface area (Å²) in [5.74, 6) is 6.11. The minimum Gasteiger partial charge on any atom is -0.364 e. The molecule has 0 radical (unpaired) electrons. The summed E-state index contributed by atoms with van der Waals surface area (Å²) >= 11 is 6.03. The SMILES string of the molecule is Cc1nn(C)c(C)c1CNc1nc(NN)ncc1Cl. The average Bonchev–Trinajstić information content (AvgIpc) is 2.63. The molecule has 0 saturated carbocycles. The second-order valence-electron chi connectivity index (χ2n) is 4.16. The molecule has 0 spiro atoms. The molecular formula is C11H16ClN7. The Balaban J connectivity index is 2.18. The van der Waals surface area contributed by atoms with E-state index in [4.69, 9.17) is 17.4 Å². The van der Waals surface area contributed by atoms with Crippen molar-refractivity contribution in [3.8, 4) is 0 Å². The molecule has 0 aliphatic rings. The highest BCUT2D eigenvalue weighted by Crippen LogP contribution is 2.21. The maximum atomic E-state index is 6.03. The Morgan fingerprint density at radius 3 is 2.74 bits per heavy atom. The van der Waals surface area contributed by atoms with Crippen LogP contribution in [0.25, 0.3) is 0 Å². The largest absolute Gasteiger partial charge is 0.364 e. The fourth-order valence-corrected chi connectivity index (χ4v) is 1.96. The number of anilines is 2. The first-order chi connectivity index (χ1) is 9.02. The van der Waals surface area contributed by atoms with Crippen LogP contribution >= 0.6 is 11.6 Å². The lowest BCUT2D eigenvalue weighted by molar-refractivity contribution is 0.730. The van der Waals surface area contributed by atoms with Crippen molar-refractivity contribution in [3.63, 3.8) is 0 Å². The number of rotatable bonds is 4. The molecule has 0 saturated heterocycles. The Morgan fingerprint density at radius 2 is 2.16 bits per heavy atom. The number of halogens is 1. The van der Waals surface area contributed by atoms with Crippen molar-refractivity contribution < 1.29 is 0 Å². The zero-order valence-electron chi connectivity index (χ0n) is 11.0. The summed E-state index contributed by atoms with van der Waals surface area (Å²) in [5.41, 5.74) is 5.59. The Bertz CT molecular complexity index is 593. The Kier molecular flexibility index (Phi) is 3.87. The standard InChI is InChI=1S/C11H16ClN7/c1-6-8(7(2)19(3)18-6)4-14-10-9(12)5-15-11(16-10)17-13/h5H,4,13H2,1-3H3,(H2,14,15,16,17). The van der Waals surface area contributed by atoms with Crippen molar-refractivity contribution in [2.45, 2.75) is 20.4 Å². The van der Waals surface area contributed by atoms with E-state index in [2.05, 4.69) is 25.8 Å². The van der Waals surface area contributed by atoms with Gasteiger partial charge in [-0.1, -0.05) is 11.6 Å². The van der Waals surface area contributed by atoms with Gasteiger partial charge in [0.2, 0.25) is 5.95 Å². The molecule has 19 heavy (non-hydrogen) atoms. The van der Waals surface area contributed by atoms with Crippen molar-refractivity contribution in [3.05, 3.63) is 28.2 Å². The molecule has 2 aromatic heterocycles. The number of hydrogen-bond acceptors (Lipinski definition) is 6. The van der Waals surface area contributed by atoms with Crippen LogP contribution < -0.4 is 16.6 Å². The molecule has 0 bridgehead atoms. The molecule has 0 atom stereocenters. The van der Waals surface area contributed by atoms with E-state index >= 15 is 0 Å². The molecular weight excluding hydrogens is 266 g/mol. The number of nitrogen functional groups attached to an aromatic ring is 1. The highest BCUT2D eigenvalue weighted by molar-refractivity contribution is 6.32. The summed E-state index contributed by atoms with van der Waals surface area (Å²) in [6.45, 7) is 4.58. The molecule has 0 aliphatic carbocycles. The second kappa shape index (κ2) is 5.41. The predicted molar refractivity (Wildman–Crippen MR) is 74.9 cm³/mol. The van der Waals surface area contributed by atoms with Gasteiger partial charge in [0.05, 0.1) is 11.9 Å². The molecule has 4 N–H and O–H groups in total. The van der Waals surface area contributed by atoms with E-state index in [1.165, 1.54) is 6.20 Å². The van der Waals surface area contributed by atoms with Crippen LogP contribution in [0.5, 0.6) is 0 Å². The lowest BCUT2D eigenvalue weighted by Crippen LogP contribution is -2.12. The molecule has 0 aliphatic heterocycles. The maximum absolute atomic E-state index is 6.03. The molecule has 0 aromatic carbocycles. The van der Waals surface area contributed by atoms with Crippen molar-refractivity contribution in [2.24, 2.45) is 12.9 Å². The first-order valence-corrected chi connectivity index (χ1v) is 6.12. The third-order valence-corrected chi connectivity index (χ3v) is 3.24. The lowest BCUT2D eigenvalue weighted by Gasteiger charge is -2.09. The van der Waals surface area contributed by atoms with Gasteiger partial charge in [0.25, 0.3) is 0 Å². The number of nitrogens with two attached hydrogens (primary N) is 1. The summed E-state index contributed by atoms with van der Waals surface area (Å²) in [6, 6.07) is 0. The Morgan fingerprint density at radius 1 is 1.42 bits per heavy atom. The van der Waals surface area contributed by atoms with Crippen molar-refractivity contribution in [2.75, 3.05) is 10.7 Å². The summed E-state index contributed by atoms with van der Waals surface area (Å²) in [6.07, 6.45) is 1.50. The zero-order chi connectivity index (χ0) is 14.0. The van der Waals surface area contributed by atoms with E-state index in [0.717, 1.165) is 17.0 Å². The van der Waals surface area contributed by atoms with Gasteiger partial charge in [-0.05, 0) is 13.8 Å². The van der Waals surface area contributed by atoms with E-state index < -0.39 is 0 Å². The molecule has 102 valence electrons. The molecule has 2 rings (SSSR count). The number of nitrogens with one attached hydrogen (secondary N) is 2. The maximum Gasteiger partial charge on any atom is 0.239 e. The Labute approximate surface area is 116 Å². The van der Waals surface area contributed by atoms with Gasteiger partial charge in [-0.25, -0.2) is 10.8 Å². The highest BCUT2D eigenvalue weighted by Gasteiger charge is 2.10. The molecule has 8 heteroatoms. The third-order valence-electron chi connectivity index (χ3n) is 2.96. The van der Waals surface area contributed by atoms with Gasteiger partial charge in [0.15, 0.2) is 5.82 Å². The molecule has 0 fully saturated rings. The van der Waals surface area contributed by atoms with Crippen LogP contribution in [0.1, 0.15) is 17.0 Å². The number of nitrogens with zero attached hydrogens (tertiary/aromatic N) is 4. The van der Waals surface area contributed by atoms with Gasteiger partial charge < -0.3 is 5.32 Å². The van der Waals surface area contributed by atoms with Gasteiger partial charge >= 0.3 is 0 Å². The normalized spacial score (nSPS) is 10.6. The van der Waals surface area contributed by atoms with E-state index in [9.17, 15) is 0 Å². The van der Waals surface area contributed by atoms with E-state index in [1.807, 2.05) is 25.6 Å². The minimum atomic E-state index is 0.312. The molecule has 2 heterocycles. The van der Waals surface area contributed by atoms with Gasteiger partial charge in [0.1, 0.15) is 5.02 Å². The van der Waals surface area contributed by atoms with E-state index in [0.29, 0.717) is 23.3 Å². The summed E-state index contributed by atoms with van der Waals surface area (Å²) in [7, 11) is 1.92. The van der Waals surface area contributed by atoms with Crippen LogP contribution in [0.15, 0.2) is 6.20 Å².